The van der Waals surface area contributed by atoms with Crippen molar-refractivity contribution < 1.29 is 27.5 Å². The summed E-state index contributed by atoms with van der Waals surface area (Å²) in [4.78, 5) is 28.7. The second-order valence-electron chi connectivity index (χ2n) is 10.0. The highest BCUT2D eigenvalue weighted by atomic mass is 79.9. The Bertz CT molecular complexity index is 1480. The number of benzene rings is 3. The summed E-state index contributed by atoms with van der Waals surface area (Å²) >= 11 is 3.42. The fourth-order valence-corrected chi connectivity index (χ4v) is 5.85. The first-order chi connectivity index (χ1) is 19.9. The summed E-state index contributed by atoms with van der Waals surface area (Å²) in [5.41, 5.74) is 1.89. The highest BCUT2D eigenvalue weighted by Gasteiger charge is 2.33. The van der Waals surface area contributed by atoms with Gasteiger partial charge in [0.2, 0.25) is 11.8 Å². The Balaban J connectivity index is 2.08. The lowest BCUT2D eigenvalue weighted by Gasteiger charge is -2.32. The Kier molecular flexibility index (Phi) is 11.4. The summed E-state index contributed by atoms with van der Waals surface area (Å²) in [6.07, 6.45) is 0.723. The molecule has 42 heavy (non-hydrogen) atoms. The van der Waals surface area contributed by atoms with Crippen LogP contribution in [0.3, 0.4) is 0 Å². The third kappa shape index (κ3) is 8.04. The number of carbonyl (C=O) groups is 2. The molecule has 0 unspecified atom stereocenters. The molecule has 226 valence electrons. The van der Waals surface area contributed by atoms with Gasteiger partial charge in [0.1, 0.15) is 12.6 Å². The van der Waals surface area contributed by atoms with Gasteiger partial charge in [0.05, 0.1) is 24.8 Å². The number of methoxy groups -OCH3 is 2. The van der Waals surface area contributed by atoms with Gasteiger partial charge >= 0.3 is 0 Å². The lowest BCUT2D eigenvalue weighted by atomic mass is 10.1. The Morgan fingerprint density at radius 2 is 1.55 bits per heavy atom. The first-order valence-electron chi connectivity index (χ1n) is 13.6. The van der Waals surface area contributed by atoms with Crippen LogP contribution in [0.5, 0.6) is 11.5 Å². The van der Waals surface area contributed by atoms with Crippen molar-refractivity contribution in [2.75, 3.05) is 25.1 Å². The SMILES string of the molecule is CC[C@H](C)NC(=O)[C@@H](C)N(Cc1ccc(Br)cc1)C(=O)CN(c1ccc(OC)c(OC)c1)S(=O)(=O)c1ccc(C)cc1. The minimum atomic E-state index is -4.21. The Labute approximate surface area is 257 Å². The minimum absolute atomic E-state index is 0.0257. The average molecular weight is 661 g/mol. The maximum atomic E-state index is 14.1. The third-order valence-electron chi connectivity index (χ3n) is 6.98. The van der Waals surface area contributed by atoms with Crippen molar-refractivity contribution in [3.63, 3.8) is 0 Å². The predicted molar refractivity (Wildman–Crippen MR) is 167 cm³/mol. The van der Waals surface area contributed by atoms with Crippen molar-refractivity contribution in [2.24, 2.45) is 0 Å². The van der Waals surface area contributed by atoms with E-state index in [1.165, 1.54) is 37.3 Å². The van der Waals surface area contributed by atoms with Crippen molar-refractivity contribution in [2.45, 2.75) is 57.6 Å². The molecule has 0 fully saturated rings. The number of halogens is 1. The van der Waals surface area contributed by atoms with Crippen molar-refractivity contribution >= 4 is 43.5 Å². The second-order valence-corrected chi connectivity index (χ2v) is 12.8. The van der Waals surface area contributed by atoms with E-state index < -0.39 is 28.5 Å². The first kappa shape index (κ1) is 32.9. The van der Waals surface area contributed by atoms with Crippen LogP contribution in [0.4, 0.5) is 5.69 Å². The highest BCUT2D eigenvalue weighted by molar-refractivity contribution is 9.10. The topological polar surface area (TPSA) is 105 Å². The number of ether oxygens (including phenoxy) is 2. The Morgan fingerprint density at radius 3 is 2.12 bits per heavy atom. The zero-order chi connectivity index (χ0) is 31.0. The molecule has 0 aromatic heterocycles. The summed E-state index contributed by atoms with van der Waals surface area (Å²) in [5, 5.41) is 2.93. The monoisotopic (exact) mass is 659 g/mol. The largest absolute Gasteiger partial charge is 0.493 e. The minimum Gasteiger partial charge on any atom is -0.493 e. The normalized spacial score (nSPS) is 12.6. The summed E-state index contributed by atoms with van der Waals surface area (Å²) in [7, 11) is -1.28. The number of nitrogens with one attached hydrogen (secondary N) is 1. The molecule has 0 saturated heterocycles. The Hall–Kier alpha value is -3.57. The van der Waals surface area contributed by atoms with Gasteiger partial charge < -0.3 is 19.7 Å². The molecule has 11 heteroatoms. The first-order valence-corrected chi connectivity index (χ1v) is 15.8. The number of hydrogen-bond donors (Lipinski definition) is 1. The molecule has 2 amide bonds. The van der Waals surface area contributed by atoms with E-state index in [0.717, 1.165) is 26.3 Å². The van der Waals surface area contributed by atoms with Crippen LogP contribution in [0.1, 0.15) is 38.3 Å². The third-order valence-corrected chi connectivity index (χ3v) is 9.29. The van der Waals surface area contributed by atoms with Crippen LogP contribution in [0.15, 0.2) is 76.1 Å². The van der Waals surface area contributed by atoms with E-state index in [1.807, 2.05) is 45.0 Å². The average Bonchev–Trinajstić information content (AvgIpc) is 2.98. The van der Waals surface area contributed by atoms with Crippen LogP contribution in [0, 0.1) is 6.92 Å². The summed E-state index contributed by atoms with van der Waals surface area (Å²) in [6.45, 7) is 6.89. The number of aryl methyl sites for hydroxylation is 1. The lowest BCUT2D eigenvalue weighted by Crippen LogP contribution is -2.52. The molecule has 0 aliphatic carbocycles. The van der Waals surface area contributed by atoms with Crippen molar-refractivity contribution in [3.8, 4) is 11.5 Å². The lowest BCUT2D eigenvalue weighted by molar-refractivity contribution is -0.139. The van der Waals surface area contributed by atoms with Gasteiger partial charge in [-0.25, -0.2) is 8.42 Å². The van der Waals surface area contributed by atoms with Crippen molar-refractivity contribution in [1.82, 2.24) is 10.2 Å². The number of hydrogen-bond acceptors (Lipinski definition) is 6. The van der Waals surface area contributed by atoms with Gasteiger partial charge in [0.15, 0.2) is 11.5 Å². The van der Waals surface area contributed by atoms with Gasteiger partial charge in [-0.3, -0.25) is 13.9 Å². The molecule has 0 radical (unpaired) electrons. The zero-order valence-corrected chi connectivity index (χ0v) is 27.2. The molecule has 0 spiro atoms. The maximum absolute atomic E-state index is 14.1. The number of anilines is 1. The molecule has 3 rings (SSSR count). The van der Waals surface area contributed by atoms with Crippen LogP contribution in [0.25, 0.3) is 0 Å². The molecule has 3 aromatic carbocycles. The molecule has 0 heterocycles. The summed E-state index contributed by atoms with van der Waals surface area (Å²) < 4.78 is 40.7. The van der Waals surface area contributed by atoms with E-state index >= 15 is 0 Å². The zero-order valence-electron chi connectivity index (χ0n) is 24.8. The summed E-state index contributed by atoms with van der Waals surface area (Å²) in [5.74, 6) is -0.156. The van der Waals surface area contributed by atoms with E-state index in [2.05, 4.69) is 21.2 Å². The van der Waals surface area contributed by atoms with Gasteiger partial charge in [0.25, 0.3) is 10.0 Å². The smallest absolute Gasteiger partial charge is 0.264 e. The van der Waals surface area contributed by atoms with E-state index in [-0.39, 0.29) is 29.1 Å². The van der Waals surface area contributed by atoms with Gasteiger partial charge in [-0.15, -0.1) is 0 Å². The molecule has 0 saturated carbocycles. The highest BCUT2D eigenvalue weighted by Crippen LogP contribution is 2.34. The van der Waals surface area contributed by atoms with E-state index in [4.69, 9.17) is 9.47 Å². The number of sulfonamides is 1. The number of carbonyl (C=O) groups excluding carboxylic acids is 2. The fraction of sp³-hybridized carbons (Fsp3) is 0.355. The van der Waals surface area contributed by atoms with Crippen LogP contribution in [-0.4, -0.2) is 58.0 Å². The quantitative estimate of drug-likeness (QED) is 0.267. The predicted octanol–water partition coefficient (Wildman–Crippen LogP) is 5.30. The molecule has 3 aromatic rings. The second kappa shape index (κ2) is 14.6. The Morgan fingerprint density at radius 1 is 0.929 bits per heavy atom. The van der Waals surface area contributed by atoms with Gasteiger partial charge in [-0.2, -0.15) is 0 Å². The van der Waals surface area contributed by atoms with Crippen LogP contribution in [0.2, 0.25) is 0 Å². The van der Waals surface area contributed by atoms with Gasteiger partial charge in [0, 0.05) is 23.1 Å². The van der Waals surface area contributed by atoms with Gasteiger partial charge in [-0.1, -0.05) is 52.7 Å². The van der Waals surface area contributed by atoms with Crippen molar-refractivity contribution in [1.29, 1.82) is 0 Å². The van der Waals surface area contributed by atoms with E-state index in [0.29, 0.717) is 11.5 Å². The van der Waals surface area contributed by atoms with Crippen LogP contribution in [-0.2, 0) is 26.2 Å². The summed E-state index contributed by atoms with van der Waals surface area (Å²) in [6, 6.07) is 17.5. The van der Waals surface area contributed by atoms with Crippen LogP contribution >= 0.6 is 15.9 Å². The number of amides is 2. The van der Waals surface area contributed by atoms with E-state index in [1.54, 1.807) is 31.2 Å². The fourth-order valence-electron chi connectivity index (χ4n) is 4.18. The molecule has 0 aliphatic rings. The van der Waals surface area contributed by atoms with Crippen LogP contribution < -0.4 is 19.1 Å². The molecule has 9 nitrogen and oxygen atoms in total. The number of rotatable bonds is 13. The standard InChI is InChI=1S/C31H38BrN3O6S/c1-7-22(3)33-31(37)23(4)34(19-24-10-12-25(32)13-11-24)30(36)20-35(26-14-17-28(40-5)29(18-26)41-6)42(38,39)27-15-8-21(2)9-16-27/h8-18,22-23H,7,19-20H2,1-6H3,(H,33,37)/t22-,23+/m0/s1. The molecule has 1 N–H and O–H groups in total. The van der Waals surface area contributed by atoms with Gasteiger partial charge in [-0.05, 0) is 69.2 Å². The number of nitrogens with zero attached hydrogens (tertiary/aromatic N) is 2. The molecular formula is C31H38BrN3O6S. The van der Waals surface area contributed by atoms with E-state index in [9.17, 15) is 18.0 Å². The maximum Gasteiger partial charge on any atom is 0.264 e. The molecule has 0 aliphatic heterocycles. The molecular weight excluding hydrogens is 622 g/mol. The van der Waals surface area contributed by atoms with Crippen molar-refractivity contribution in [3.05, 3.63) is 82.3 Å². The molecule has 0 bridgehead atoms. The molecule has 2 atom stereocenters.